The van der Waals surface area contributed by atoms with Crippen molar-refractivity contribution in [1.82, 2.24) is 25.2 Å². The molecule has 0 bridgehead atoms. The van der Waals surface area contributed by atoms with Crippen LogP contribution in [0.3, 0.4) is 0 Å². The highest BCUT2D eigenvalue weighted by Gasteiger charge is 2.03. The molecule has 3 aromatic rings. The zero-order valence-electron chi connectivity index (χ0n) is 17.0. The summed E-state index contributed by atoms with van der Waals surface area (Å²) in [6.07, 6.45) is 6.49. The molecule has 0 spiro atoms. The molecule has 0 aliphatic carbocycles. The molecular formula is C21H26FIN6S. The number of guanidine groups is 1. The third-order valence-electron chi connectivity index (χ3n) is 4.26. The van der Waals surface area contributed by atoms with Gasteiger partial charge < -0.3 is 10.6 Å². The van der Waals surface area contributed by atoms with Gasteiger partial charge in [0.1, 0.15) is 17.5 Å². The summed E-state index contributed by atoms with van der Waals surface area (Å²) < 4.78 is 14.9. The highest BCUT2D eigenvalue weighted by atomic mass is 127. The highest BCUT2D eigenvalue weighted by molar-refractivity contribution is 14.0. The second kappa shape index (κ2) is 12.5. The van der Waals surface area contributed by atoms with Gasteiger partial charge >= 0.3 is 0 Å². The molecule has 0 saturated heterocycles. The van der Waals surface area contributed by atoms with Crippen LogP contribution in [-0.2, 0) is 6.54 Å². The minimum Gasteiger partial charge on any atom is -0.356 e. The number of pyridine rings is 1. The van der Waals surface area contributed by atoms with Crippen LogP contribution in [0, 0.1) is 12.7 Å². The number of halogens is 2. The van der Waals surface area contributed by atoms with Crippen molar-refractivity contribution in [1.29, 1.82) is 0 Å². The first-order valence-electron chi connectivity index (χ1n) is 9.44. The number of aromatic nitrogens is 3. The number of nitrogens with zero attached hydrogens (tertiary/aromatic N) is 4. The minimum absolute atomic E-state index is 0. The largest absolute Gasteiger partial charge is 0.356 e. The average molecular weight is 540 g/mol. The van der Waals surface area contributed by atoms with Gasteiger partial charge in [-0.15, -0.1) is 35.7 Å². The van der Waals surface area contributed by atoms with E-state index in [-0.39, 0.29) is 29.8 Å². The maximum atomic E-state index is 12.9. The summed E-state index contributed by atoms with van der Waals surface area (Å²) in [7, 11) is 1.76. The van der Waals surface area contributed by atoms with Crippen LogP contribution in [0.25, 0.3) is 5.82 Å². The van der Waals surface area contributed by atoms with Crippen molar-refractivity contribution in [3.63, 3.8) is 0 Å². The first kappa shape index (κ1) is 24.1. The van der Waals surface area contributed by atoms with Crippen molar-refractivity contribution in [2.75, 3.05) is 19.3 Å². The van der Waals surface area contributed by atoms with Crippen LogP contribution < -0.4 is 10.6 Å². The molecule has 0 amide bonds. The van der Waals surface area contributed by atoms with Crippen LogP contribution in [0.1, 0.15) is 17.8 Å². The van der Waals surface area contributed by atoms with Gasteiger partial charge in [0.15, 0.2) is 5.96 Å². The first-order chi connectivity index (χ1) is 14.2. The number of thioether (sulfide) groups is 1. The maximum Gasteiger partial charge on any atom is 0.191 e. The number of hydrogen-bond donors (Lipinski definition) is 2. The van der Waals surface area contributed by atoms with Gasteiger partial charge in [0, 0.05) is 43.6 Å². The Morgan fingerprint density at radius 2 is 1.93 bits per heavy atom. The Balaban J connectivity index is 0.00000320. The molecule has 0 saturated carbocycles. The number of aryl methyl sites for hydroxylation is 1. The molecule has 30 heavy (non-hydrogen) atoms. The fourth-order valence-electron chi connectivity index (χ4n) is 2.69. The molecule has 9 heteroatoms. The van der Waals surface area contributed by atoms with E-state index in [1.807, 2.05) is 36.0 Å². The minimum atomic E-state index is -0.201. The summed E-state index contributed by atoms with van der Waals surface area (Å²) in [5, 5.41) is 6.61. The second-order valence-electron chi connectivity index (χ2n) is 6.38. The molecule has 3 rings (SSSR count). The van der Waals surface area contributed by atoms with Gasteiger partial charge in [-0.25, -0.2) is 14.4 Å². The number of imidazole rings is 1. The first-order valence-corrected chi connectivity index (χ1v) is 10.4. The summed E-state index contributed by atoms with van der Waals surface area (Å²) in [6, 6.07) is 10.6. The standard InChI is InChI=1S/C21H25FN6S.HI/c1-16-24-11-12-28(16)20-9-4-17(14-26-20)15-27-21(23-2)25-10-3-13-29-19-7-5-18(22)6-8-19;/h4-9,11-12,14H,3,10,13,15H2,1-2H3,(H2,23,25,27);1H. The average Bonchev–Trinajstić information content (AvgIpc) is 3.17. The van der Waals surface area contributed by atoms with Gasteiger partial charge in [0.05, 0.1) is 0 Å². The quantitative estimate of drug-likeness (QED) is 0.148. The van der Waals surface area contributed by atoms with Crippen LogP contribution in [0.5, 0.6) is 0 Å². The molecule has 6 nitrogen and oxygen atoms in total. The summed E-state index contributed by atoms with van der Waals surface area (Å²) in [5.74, 6) is 3.27. The molecule has 2 aromatic heterocycles. The molecule has 0 aliphatic rings. The number of nitrogens with one attached hydrogen (secondary N) is 2. The zero-order valence-corrected chi connectivity index (χ0v) is 20.2. The predicted molar refractivity (Wildman–Crippen MR) is 131 cm³/mol. The molecule has 0 atom stereocenters. The smallest absolute Gasteiger partial charge is 0.191 e. The molecule has 0 unspecified atom stereocenters. The van der Waals surface area contributed by atoms with E-state index in [0.29, 0.717) is 6.54 Å². The van der Waals surface area contributed by atoms with E-state index in [4.69, 9.17) is 0 Å². The molecule has 2 N–H and O–H groups in total. The normalized spacial score (nSPS) is 11.1. The third-order valence-corrected chi connectivity index (χ3v) is 5.36. The lowest BCUT2D eigenvalue weighted by molar-refractivity contribution is 0.626. The number of hydrogen-bond acceptors (Lipinski definition) is 4. The predicted octanol–water partition coefficient (Wildman–Crippen LogP) is 4.18. The Morgan fingerprint density at radius 3 is 2.57 bits per heavy atom. The molecule has 1 aromatic carbocycles. The van der Waals surface area contributed by atoms with E-state index >= 15 is 0 Å². The zero-order chi connectivity index (χ0) is 20.5. The summed E-state index contributed by atoms with van der Waals surface area (Å²) in [4.78, 5) is 14.1. The van der Waals surface area contributed by atoms with Crippen molar-refractivity contribution in [3.05, 3.63) is 72.2 Å². The second-order valence-corrected chi connectivity index (χ2v) is 7.55. The van der Waals surface area contributed by atoms with Crippen molar-refractivity contribution >= 4 is 41.7 Å². The molecule has 0 fully saturated rings. The maximum absolute atomic E-state index is 12.9. The Bertz CT molecular complexity index is 927. The van der Waals surface area contributed by atoms with Crippen molar-refractivity contribution in [3.8, 4) is 5.82 Å². The van der Waals surface area contributed by atoms with Gasteiger partial charge in [-0.3, -0.25) is 9.56 Å². The van der Waals surface area contributed by atoms with Crippen molar-refractivity contribution in [2.45, 2.75) is 24.8 Å². The van der Waals surface area contributed by atoms with Crippen molar-refractivity contribution < 1.29 is 4.39 Å². The summed E-state index contributed by atoms with van der Waals surface area (Å²) in [5.41, 5.74) is 1.07. The molecule has 2 heterocycles. The Morgan fingerprint density at radius 1 is 1.13 bits per heavy atom. The summed E-state index contributed by atoms with van der Waals surface area (Å²) >= 11 is 1.72. The van der Waals surface area contributed by atoms with Crippen molar-refractivity contribution in [2.24, 2.45) is 4.99 Å². The van der Waals surface area contributed by atoms with Crippen LogP contribution in [0.15, 0.2) is 64.9 Å². The van der Waals surface area contributed by atoms with Crippen LogP contribution in [0.4, 0.5) is 4.39 Å². The monoisotopic (exact) mass is 540 g/mol. The molecular weight excluding hydrogens is 514 g/mol. The highest BCUT2D eigenvalue weighted by Crippen LogP contribution is 2.18. The van der Waals surface area contributed by atoms with Gasteiger partial charge in [0.2, 0.25) is 0 Å². The number of aliphatic imine (C=N–C) groups is 1. The van der Waals surface area contributed by atoms with E-state index in [1.165, 1.54) is 12.1 Å². The van der Waals surface area contributed by atoms with E-state index in [1.54, 1.807) is 37.1 Å². The van der Waals surface area contributed by atoms with E-state index < -0.39 is 0 Å². The molecule has 160 valence electrons. The topological polar surface area (TPSA) is 67.1 Å². The van der Waals surface area contributed by atoms with E-state index in [2.05, 4.69) is 25.6 Å². The Kier molecular flexibility index (Phi) is 10.1. The lowest BCUT2D eigenvalue weighted by Crippen LogP contribution is -2.37. The van der Waals surface area contributed by atoms with Gasteiger partial charge in [-0.2, -0.15) is 0 Å². The Labute approximate surface area is 197 Å². The SMILES string of the molecule is CN=C(NCCCSc1ccc(F)cc1)NCc1ccc(-n2ccnc2C)nc1.I. The lowest BCUT2D eigenvalue weighted by Gasteiger charge is -2.12. The Hall–Kier alpha value is -2.14. The van der Waals surface area contributed by atoms with Gasteiger partial charge in [-0.05, 0) is 55.0 Å². The molecule has 0 radical (unpaired) electrons. The van der Waals surface area contributed by atoms with Gasteiger partial charge in [-0.1, -0.05) is 6.07 Å². The van der Waals surface area contributed by atoms with E-state index in [9.17, 15) is 4.39 Å². The van der Waals surface area contributed by atoms with Crippen LogP contribution in [0.2, 0.25) is 0 Å². The fourth-order valence-corrected chi connectivity index (χ4v) is 3.54. The van der Waals surface area contributed by atoms with Crippen LogP contribution >= 0.6 is 35.7 Å². The third kappa shape index (κ3) is 7.28. The number of rotatable bonds is 8. The van der Waals surface area contributed by atoms with Crippen LogP contribution in [-0.4, -0.2) is 39.8 Å². The molecule has 0 aliphatic heterocycles. The lowest BCUT2D eigenvalue weighted by atomic mass is 10.3. The van der Waals surface area contributed by atoms with Gasteiger partial charge in [0.25, 0.3) is 0 Å². The fraction of sp³-hybridized carbons (Fsp3) is 0.286. The summed E-state index contributed by atoms with van der Waals surface area (Å²) in [6.45, 7) is 3.40. The number of benzene rings is 1. The van der Waals surface area contributed by atoms with E-state index in [0.717, 1.165) is 46.8 Å².